The van der Waals surface area contributed by atoms with Crippen LogP contribution < -0.4 is 5.32 Å². The van der Waals surface area contributed by atoms with Crippen LogP contribution in [0.15, 0.2) is 41.7 Å². The number of aromatic nitrogens is 2. The molecule has 0 radical (unpaired) electrons. The highest BCUT2D eigenvalue weighted by atomic mass is 32.2. The summed E-state index contributed by atoms with van der Waals surface area (Å²) in [5.74, 6) is 0.982. The number of carbonyl (C=O) groups excluding carboxylic acids is 1. The van der Waals surface area contributed by atoms with Gasteiger partial charge in [0.1, 0.15) is 0 Å². The normalized spacial score (nSPS) is 20.0. The number of hydrogen-bond donors (Lipinski definition) is 1. The van der Waals surface area contributed by atoms with Crippen LogP contribution in [-0.2, 0) is 17.3 Å². The summed E-state index contributed by atoms with van der Waals surface area (Å²) in [7, 11) is 2.00. The lowest BCUT2D eigenvalue weighted by Crippen LogP contribution is -2.28. The van der Waals surface area contributed by atoms with Crippen LogP contribution in [0, 0.1) is 0 Å². The van der Waals surface area contributed by atoms with E-state index in [0.29, 0.717) is 11.7 Å². The van der Waals surface area contributed by atoms with Gasteiger partial charge in [-0.05, 0) is 29.5 Å². The second kappa shape index (κ2) is 6.63. The number of nitrogens with one attached hydrogen (secondary N) is 1. The van der Waals surface area contributed by atoms with Crippen LogP contribution in [0.25, 0.3) is 0 Å². The van der Waals surface area contributed by atoms with E-state index in [-0.39, 0.29) is 17.4 Å². The smallest absolute Gasteiger partial charge is 0.230 e. The fourth-order valence-electron chi connectivity index (χ4n) is 2.85. The Morgan fingerprint density at radius 2 is 2.04 bits per heavy atom. The van der Waals surface area contributed by atoms with Crippen molar-refractivity contribution in [2.24, 2.45) is 7.05 Å². The summed E-state index contributed by atoms with van der Waals surface area (Å²) in [5, 5.41) is 3.12. The molecule has 1 amide bonds. The van der Waals surface area contributed by atoms with E-state index in [2.05, 4.69) is 55.3 Å². The van der Waals surface area contributed by atoms with Gasteiger partial charge >= 0.3 is 0 Å². The third-order valence-electron chi connectivity index (χ3n) is 4.46. The molecule has 1 heterocycles. The molecule has 1 saturated carbocycles. The van der Waals surface area contributed by atoms with E-state index < -0.39 is 0 Å². The van der Waals surface area contributed by atoms with Gasteiger partial charge in [0.15, 0.2) is 0 Å². The standard InChI is InChI=1S/C19H25N3OS/c1-19(2,3)13-5-7-14(8-6-13)24-11-18(23)21-16-9-15(16)17-10-20-12-22(17)4/h5-8,10,12,15-16H,9,11H2,1-4H3,(H,21,23)/t15-,16-/m1/s1. The first-order valence-corrected chi connectivity index (χ1v) is 9.32. The zero-order chi connectivity index (χ0) is 17.3. The number of carbonyl (C=O) groups is 1. The Bertz CT molecular complexity index is 715. The molecule has 4 nitrogen and oxygen atoms in total. The predicted molar refractivity (Wildman–Crippen MR) is 98.4 cm³/mol. The number of benzene rings is 1. The third kappa shape index (κ3) is 4.01. The van der Waals surface area contributed by atoms with Gasteiger partial charge in [0.05, 0.1) is 12.1 Å². The SMILES string of the molecule is Cn1cncc1[C@@H]1C[C@H]1NC(=O)CSc1ccc(C(C)(C)C)cc1. The lowest BCUT2D eigenvalue weighted by atomic mass is 9.87. The molecule has 0 unspecified atom stereocenters. The van der Waals surface area contributed by atoms with Crippen molar-refractivity contribution in [3.63, 3.8) is 0 Å². The highest BCUT2D eigenvalue weighted by Gasteiger charge is 2.41. The zero-order valence-electron chi connectivity index (χ0n) is 14.7. The Morgan fingerprint density at radius 1 is 1.33 bits per heavy atom. The fourth-order valence-corrected chi connectivity index (χ4v) is 3.56. The molecule has 5 heteroatoms. The van der Waals surface area contributed by atoms with E-state index in [0.717, 1.165) is 11.3 Å². The minimum atomic E-state index is 0.106. The molecule has 1 N–H and O–H groups in total. The number of hydrogen-bond acceptors (Lipinski definition) is 3. The van der Waals surface area contributed by atoms with Gasteiger partial charge in [-0.1, -0.05) is 32.9 Å². The molecule has 3 rings (SSSR count). The molecular weight excluding hydrogens is 318 g/mol. The quantitative estimate of drug-likeness (QED) is 0.846. The minimum absolute atomic E-state index is 0.106. The van der Waals surface area contributed by atoms with Gasteiger partial charge in [-0.25, -0.2) is 4.98 Å². The molecule has 0 aliphatic heterocycles. The highest BCUT2D eigenvalue weighted by molar-refractivity contribution is 8.00. The van der Waals surface area contributed by atoms with Crippen molar-refractivity contribution in [3.8, 4) is 0 Å². The number of imidazole rings is 1. The Morgan fingerprint density at radius 3 is 2.62 bits per heavy atom. The maximum Gasteiger partial charge on any atom is 0.230 e. The third-order valence-corrected chi connectivity index (χ3v) is 5.47. The first-order chi connectivity index (χ1) is 11.3. The number of amides is 1. The Hall–Kier alpha value is -1.75. The van der Waals surface area contributed by atoms with Crippen molar-refractivity contribution >= 4 is 17.7 Å². The van der Waals surface area contributed by atoms with Crippen molar-refractivity contribution in [1.82, 2.24) is 14.9 Å². The summed E-state index contributed by atoms with van der Waals surface area (Å²) in [6.45, 7) is 6.62. The Kier molecular flexibility index (Phi) is 4.72. The van der Waals surface area contributed by atoms with Crippen LogP contribution in [0.5, 0.6) is 0 Å². The summed E-state index contributed by atoms with van der Waals surface area (Å²) in [6.07, 6.45) is 4.71. The van der Waals surface area contributed by atoms with Crippen molar-refractivity contribution in [2.75, 3.05) is 5.75 Å². The molecule has 1 aromatic carbocycles. The first kappa shape index (κ1) is 17.1. The zero-order valence-corrected chi connectivity index (χ0v) is 15.6. The molecule has 1 aliphatic carbocycles. The molecule has 2 atom stereocenters. The molecule has 2 aromatic rings. The molecule has 1 aromatic heterocycles. The van der Waals surface area contributed by atoms with Gasteiger partial charge in [0, 0.05) is 35.8 Å². The summed E-state index contributed by atoms with van der Waals surface area (Å²) >= 11 is 1.59. The topological polar surface area (TPSA) is 46.9 Å². The van der Waals surface area contributed by atoms with Crippen molar-refractivity contribution in [3.05, 3.63) is 48.0 Å². The second-order valence-corrected chi connectivity index (χ2v) is 8.56. The highest BCUT2D eigenvalue weighted by Crippen LogP contribution is 2.40. The molecule has 128 valence electrons. The monoisotopic (exact) mass is 343 g/mol. The second-order valence-electron chi connectivity index (χ2n) is 7.51. The summed E-state index contributed by atoms with van der Waals surface area (Å²) in [6, 6.07) is 8.78. The van der Waals surface area contributed by atoms with E-state index in [4.69, 9.17) is 0 Å². The summed E-state index contributed by atoms with van der Waals surface area (Å²) < 4.78 is 2.03. The number of aryl methyl sites for hydroxylation is 1. The van der Waals surface area contributed by atoms with E-state index in [1.165, 1.54) is 11.3 Å². The molecule has 0 spiro atoms. The van der Waals surface area contributed by atoms with Crippen LogP contribution >= 0.6 is 11.8 Å². The van der Waals surface area contributed by atoms with E-state index >= 15 is 0 Å². The van der Waals surface area contributed by atoms with E-state index in [1.54, 1.807) is 11.8 Å². The van der Waals surface area contributed by atoms with E-state index in [1.807, 2.05) is 24.1 Å². The van der Waals surface area contributed by atoms with Crippen LogP contribution in [0.3, 0.4) is 0 Å². The van der Waals surface area contributed by atoms with Crippen molar-refractivity contribution < 1.29 is 4.79 Å². The summed E-state index contributed by atoms with van der Waals surface area (Å²) in [5.41, 5.74) is 2.67. The molecule has 1 fully saturated rings. The molecular formula is C19H25N3OS. The Balaban J connectivity index is 1.46. The Labute approximate surface area is 148 Å². The maximum atomic E-state index is 12.1. The molecule has 1 aliphatic rings. The van der Waals surface area contributed by atoms with Crippen molar-refractivity contribution in [1.29, 1.82) is 0 Å². The van der Waals surface area contributed by atoms with Crippen molar-refractivity contribution in [2.45, 2.75) is 49.5 Å². The van der Waals surface area contributed by atoms with E-state index in [9.17, 15) is 4.79 Å². The van der Waals surface area contributed by atoms with Gasteiger partial charge in [0.2, 0.25) is 5.91 Å². The predicted octanol–water partition coefficient (Wildman–Crippen LogP) is 3.48. The molecule has 24 heavy (non-hydrogen) atoms. The van der Waals surface area contributed by atoms with Gasteiger partial charge in [0.25, 0.3) is 0 Å². The van der Waals surface area contributed by atoms with Crippen LogP contribution in [0.1, 0.15) is 44.4 Å². The average Bonchev–Trinajstić information content (AvgIpc) is 3.14. The average molecular weight is 343 g/mol. The van der Waals surface area contributed by atoms with Gasteiger partial charge < -0.3 is 9.88 Å². The van der Waals surface area contributed by atoms with Gasteiger partial charge in [-0.15, -0.1) is 11.8 Å². The molecule has 0 bridgehead atoms. The van der Waals surface area contributed by atoms with Gasteiger partial charge in [-0.3, -0.25) is 4.79 Å². The number of nitrogens with zero attached hydrogens (tertiary/aromatic N) is 2. The lowest BCUT2D eigenvalue weighted by Gasteiger charge is -2.19. The minimum Gasteiger partial charge on any atom is -0.352 e. The van der Waals surface area contributed by atoms with Gasteiger partial charge in [-0.2, -0.15) is 0 Å². The van der Waals surface area contributed by atoms with Crippen LogP contribution in [0.4, 0.5) is 0 Å². The maximum absolute atomic E-state index is 12.1. The lowest BCUT2D eigenvalue weighted by molar-refractivity contribution is -0.118. The fraction of sp³-hybridized carbons (Fsp3) is 0.474. The largest absolute Gasteiger partial charge is 0.352 e. The first-order valence-electron chi connectivity index (χ1n) is 8.33. The summed E-state index contributed by atoms with van der Waals surface area (Å²) in [4.78, 5) is 17.4. The molecule has 0 saturated heterocycles. The van der Waals surface area contributed by atoms with Crippen LogP contribution in [0.2, 0.25) is 0 Å². The van der Waals surface area contributed by atoms with Crippen LogP contribution in [-0.4, -0.2) is 27.3 Å². The number of thioether (sulfide) groups is 1. The number of rotatable bonds is 5.